The second-order valence-corrected chi connectivity index (χ2v) is 5.12. The first-order chi connectivity index (χ1) is 8.43. The smallest absolute Gasteiger partial charge is 0.230 e. The zero-order valence-electron chi connectivity index (χ0n) is 10.9. The zero-order chi connectivity index (χ0) is 13.7. The molecule has 1 aromatic heterocycles. The highest BCUT2D eigenvalue weighted by atomic mass is 32.1. The number of carbonyl (C=O) groups excluding carboxylic acids is 1. The molecule has 0 radical (unpaired) electrons. The van der Waals surface area contributed by atoms with Crippen LogP contribution in [-0.4, -0.2) is 15.9 Å². The van der Waals surface area contributed by atoms with Gasteiger partial charge >= 0.3 is 0 Å². The van der Waals surface area contributed by atoms with Crippen LogP contribution in [0.25, 0.3) is 0 Å². The molecular weight excluding hydrogens is 246 g/mol. The highest BCUT2D eigenvalue weighted by Crippen LogP contribution is 2.12. The van der Waals surface area contributed by atoms with Crippen molar-refractivity contribution in [3.63, 3.8) is 0 Å². The second-order valence-electron chi connectivity index (χ2n) is 4.64. The molecule has 0 aromatic carbocycles. The molecule has 0 aliphatic rings. The number of aromatic nitrogens is 1. The number of nitrogens with one attached hydrogen (secondary N) is 1. The number of amides is 1. The van der Waals surface area contributed by atoms with Crippen LogP contribution in [0.1, 0.15) is 25.0 Å². The molecule has 1 rings (SSSR count). The molecule has 4 nitrogen and oxygen atoms in total. The van der Waals surface area contributed by atoms with Crippen molar-refractivity contribution in [2.24, 2.45) is 17.6 Å². The van der Waals surface area contributed by atoms with Crippen molar-refractivity contribution >= 4 is 23.1 Å². The highest BCUT2D eigenvalue weighted by Gasteiger charge is 2.24. The molecule has 1 aromatic rings. The van der Waals surface area contributed by atoms with E-state index in [0.29, 0.717) is 6.54 Å². The number of aryl methyl sites for hydroxylation is 1. The van der Waals surface area contributed by atoms with Gasteiger partial charge in [-0.2, -0.15) is 0 Å². The first-order valence-corrected chi connectivity index (χ1v) is 6.30. The Labute approximate surface area is 113 Å². The Balaban J connectivity index is 2.66. The van der Waals surface area contributed by atoms with E-state index >= 15 is 0 Å². The van der Waals surface area contributed by atoms with Crippen LogP contribution in [0.2, 0.25) is 0 Å². The maximum Gasteiger partial charge on any atom is 0.230 e. The predicted molar refractivity (Wildman–Crippen MR) is 75.9 cm³/mol. The third-order valence-corrected chi connectivity index (χ3v) is 3.11. The molecule has 1 amide bonds. The summed E-state index contributed by atoms with van der Waals surface area (Å²) in [7, 11) is 0. The Hall–Kier alpha value is -1.49. The first-order valence-electron chi connectivity index (χ1n) is 5.90. The van der Waals surface area contributed by atoms with E-state index in [-0.39, 0.29) is 16.8 Å². The molecule has 1 unspecified atom stereocenters. The SMILES string of the molecule is Cc1ccncc1CNC(=O)C(C(N)=S)C(C)C. The first kappa shape index (κ1) is 14.6. The van der Waals surface area contributed by atoms with Gasteiger partial charge in [0.1, 0.15) is 0 Å². The van der Waals surface area contributed by atoms with Gasteiger partial charge in [-0.25, -0.2) is 0 Å². The van der Waals surface area contributed by atoms with Gasteiger partial charge in [0, 0.05) is 18.9 Å². The molecule has 0 spiro atoms. The Morgan fingerprint density at radius 1 is 1.56 bits per heavy atom. The van der Waals surface area contributed by atoms with Gasteiger partial charge in [-0.05, 0) is 30.0 Å². The summed E-state index contributed by atoms with van der Waals surface area (Å²) < 4.78 is 0. The van der Waals surface area contributed by atoms with Crippen LogP contribution in [0.4, 0.5) is 0 Å². The van der Waals surface area contributed by atoms with E-state index in [9.17, 15) is 4.79 Å². The number of nitrogens with zero attached hydrogens (tertiary/aromatic N) is 1. The van der Waals surface area contributed by atoms with E-state index in [0.717, 1.165) is 11.1 Å². The van der Waals surface area contributed by atoms with Crippen LogP contribution in [0.3, 0.4) is 0 Å². The molecule has 0 saturated heterocycles. The highest BCUT2D eigenvalue weighted by molar-refractivity contribution is 7.80. The normalized spacial score (nSPS) is 12.2. The molecule has 0 aliphatic carbocycles. The number of hydrogen-bond donors (Lipinski definition) is 2. The van der Waals surface area contributed by atoms with E-state index in [2.05, 4.69) is 10.3 Å². The van der Waals surface area contributed by atoms with Crippen molar-refractivity contribution < 1.29 is 4.79 Å². The average molecular weight is 265 g/mol. The van der Waals surface area contributed by atoms with Crippen molar-refractivity contribution in [1.29, 1.82) is 0 Å². The summed E-state index contributed by atoms with van der Waals surface area (Å²) in [6.07, 6.45) is 3.48. The molecule has 18 heavy (non-hydrogen) atoms. The van der Waals surface area contributed by atoms with Gasteiger partial charge in [-0.3, -0.25) is 9.78 Å². The van der Waals surface area contributed by atoms with Crippen LogP contribution in [0.15, 0.2) is 18.5 Å². The number of carbonyl (C=O) groups is 1. The third-order valence-electron chi connectivity index (χ3n) is 2.86. The molecule has 1 heterocycles. The average Bonchev–Trinajstić information content (AvgIpc) is 2.27. The molecule has 0 bridgehead atoms. The fraction of sp³-hybridized carbons (Fsp3) is 0.462. The van der Waals surface area contributed by atoms with Gasteiger partial charge in [-0.1, -0.05) is 26.1 Å². The van der Waals surface area contributed by atoms with Crippen molar-refractivity contribution in [2.75, 3.05) is 0 Å². The Bertz CT molecular complexity index is 446. The van der Waals surface area contributed by atoms with Crippen molar-refractivity contribution in [3.05, 3.63) is 29.6 Å². The standard InChI is InChI=1S/C13H19N3OS/c1-8(2)11(12(14)18)13(17)16-7-10-6-15-5-4-9(10)3/h4-6,8,11H,7H2,1-3H3,(H2,14,18)(H,16,17). The molecule has 3 N–H and O–H groups in total. The summed E-state index contributed by atoms with van der Waals surface area (Å²) in [6, 6.07) is 1.91. The van der Waals surface area contributed by atoms with E-state index < -0.39 is 5.92 Å². The Morgan fingerprint density at radius 3 is 2.72 bits per heavy atom. The predicted octanol–water partition coefficient (Wildman–Crippen LogP) is 1.56. The quantitative estimate of drug-likeness (QED) is 0.793. The van der Waals surface area contributed by atoms with Crippen LogP contribution in [0.5, 0.6) is 0 Å². The fourth-order valence-corrected chi connectivity index (χ4v) is 2.11. The van der Waals surface area contributed by atoms with E-state index in [1.165, 1.54) is 0 Å². The number of rotatable bonds is 5. The lowest BCUT2D eigenvalue weighted by atomic mass is 9.95. The van der Waals surface area contributed by atoms with Crippen molar-refractivity contribution in [2.45, 2.75) is 27.3 Å². The minimum Gasteiger partial charge on any atom is -0.393 e. The van der Waals surface area contributed by atoms with Crippen LogP contribution in [-0.2, 0) is 11.3 Å². The molecule has 1 atom stereocenters. The van der Waals surface area contributed by atoms with Crippen molar-refractivity contribution in [3.8, 4) is 0 Å². The molecule has 0 aliphatic heterocycles. The van der Waals surface area contributed by atoms with Gasteiger partial charge < -0.3 is 11.1 Å². The van der Waals surface area contributed by atoms with E-state index in [4.69, 9.17) is 18.0 Å². The number of pyridine rings is 1. The summed E-state index contributed by atoms with van der Waals surface area (Å²) in [5, 5.41) is 2.86. The minimum atomic E-state index is -0.419. The van der Waals surface area contributed by atoms with E-state index in [1.54, 1.807) is 12.4 Å². The lowest BCUT2D eigenvalue weighted by Gasteiger charge is -2.19. The molecule has 98 valence electrons. The van der Waals surface area contributed by atoms with Gasteiger partial charge in [0.2, 0.25) is 5.91 Å². The van der Waals surface area contributed by atoms with Crippen molar-refractivity contribution in [1.82, 2.24) is 10.3 Å². The van der Waals surface area contributed by atoms with Gasteiger partial charge in [0.05, 0.1) is 10.9 Å². The van der Waals surface area contributed by atoms with Crippen LogP contribution >= 0.6 is 12.2 Å². The second kappa shape index (κ2) is 6.44. The maximum atomic E-state index is 12.0. The largest absolute Gasteiger partial charge is 0.393 e. The summed E-state index contributed by atoms with van der Waals surface area (Å²) >= 11 is 4.93. The number of thiocarbonyl (C=S) groups is 1. The molecule has 5 heteroatoms. The molecular formula is C13H19N3OS. The molecule has 0 saturated carbocycles. The lowest BCUT2D eigenvalue weighted by molar-refractivity contribution is -0.124. The molecule has 0 fully saturated rings. The Morgan fingerprint density at radius 2 is 2.22 bits per heavy atom. The van der Waals surface area contributed by atoms with Crippen LogP contribution in [0, 0.1) is 18.8 Å². The summed E-state index contributed by atoms with van der Waals surface area (Å²) in [6.45, 7) is 6.29. The lowest BCUT2D eigenvalue weighted by Crippen LogP contribution is -2.40. The summed E-state index contributed by atoms with van der Waals surface area (Å²) in [5.74, 6) is -0.449. The number of nitrogens with two attached hydrogens (primary N) is 1. The third kappa shape index (κ3) is 3.77. The topological polar surface area (TPSA) is 68.0 Å². The monoisotopic (exact) mass is 265 g/mol. The number of hydrogen-bond acceptors (Lipinski definition) is 3. The summed E-state index contributed by atoms with van der Waals surface area (Å²) in [4.78, 5) is 16.3. The maximum absolute atomic E-state index is 12.0. The van der Waals surface area contributed by atoms with Crippen LogP contribution < -0.4 is 11.1 Å². The zero-order valence-corrected chi connectivity index (χ0v) is 11.8. The van der Waals surface area contributed by atoms with E-state index in [1.807, 2.05) is 26.8 Å². The fourth-order valence-electron chi connectivity index (χ4n) is 1.73. The van der Waals surface area contributed by atoms with Gasteiger partial charge in [0.25, 0.3) is 0 Å². The Kier molecular flexibility index (Phi) is 5.22. The summed E-state index contributed by atoms with van der Waals surface area (Å²) in [5.41, 5.74) is 7.69. The minimum absolute atomic E-state index is 0.0949. The van der Waals surface area contributed by atoms with Gasteiger partial charge in [-0.15, -0.1) is 0 Å². The van der Waals surface area contributed by atoms with Gasteiger partial charge in [0.15, 0.2) is 0 Å².